The smallest absolute Gasteiger partial charge is 0.383 e. The van der Waals surface area contributed by atoms with Crippen LogP contribution in [-0.4, -0.2) is 67.1 Å². The van der Waals surface area contributed by atoms with Crippen molar-refractivity contribution in [3.05, 3.63) is 60.6 Å². The van der Waals surface area contributed by atoms with E-state index < -0.39 is 17.6 Å². The average Bonchev–Trinajstić information content (AvgIpc) is 3.51. The maximum atomic E-state index is 13.3. The van der Waals surface area contributed by atoms with Crippen molar-refractivity contribution in [2.45, 2.75) is 12.7 Å². The van der Waals surface area contributed by atoms with Crippen LogP contribution >= 0.6 is 0 Å². The largest absolute Gasteiger partial charge is 0.419 e. The lowest BCUT2D eigenvalue weighted by Crippen LogP contribution is -2.38. The van der Waals surface area contributed by atoms with Crippen LogP contribution in [0.3, 0.4) is 0 Å². The number of rotatable bonds is 5. The van der Waals surface area contributed by atoms with E-state index in [0.717, 1.165) is 61.9 Å². The van der Waals surface area contributed by atoms with Crippen LogP contribution in [0.15, 0.2) is 55.0 Å². The van der Waals surface area contributed by atoms with Gasteiger partial charge in [0.25, 0.3) is 0 Å². The summed E-state index contributed by atoms with van der Waals surface area (Å²) >= 11 is 0. The molecular formula is C25H23F3N8O. The van der Waals surface area contributed by atoms with Crippen molar-refractivity contribution in [2.75, 3.05) is 38.6 Å². The van der Waals surface area contributed by atoms with Gasteiger partial charge >= 0.3 is 6.18 Å². The molecule has 5 heterocycles. The number of ether oxygens (including phenoxy) is 1. The zero-order chi connectivity index (χ0) is 25.6. The van der Waals surface area contributed by atoms with Gasteiger partial charge in [0, 0.05) is 42.3 Å². The number of benzene rings is 1. The lowest BCUT2D eigenvalue weighted by Gasteiger charge is -2.26. The number of imidazole rings is 1. The number of anilines is 1. The molecule has 0 atom stereocenters. The van der Waals surface area contributed by atoms with Crippen LogP contribution in [0.1, 0.15) is 5.56 Å². The van der Waals surface area contributed by atoms with Gasteiger partial charge in [-0.3, -0.25) is 9.58 Å². The van der Waals surface area contributed by atoms with Gasteiger partial charge in [0.15, 0.2) is 5.65 Å². The number of nitrogen functional groups attached to an aromatic ring is 1. The summed E-state index contributed by atoms with van der Waals surface area (Å²) in [6, 6.07) is 10.3. The molecule has 1 aliphatic heterocycles. The van der Waals surface area contributed by atoms with E-state index in [1.54, 1.807) is 22.8 Å². The molecule has 0 spiro atoms. The minimum atomic E-state index is -4.61. The Morgan fingerprint density at radius 2 is 1.76 bits per heavy atom. The molecular weight excluding hydrogens is 485 g/mol. The molecule has 0 aliphatic carbocycles. The van der Waals surface area contributed by atoms with E-state index in [1.165, 1.54) is 6.20 Å². The predicted octanol–water partition coefficient (Wildman–Crippen LogP) is 3.74. The summed E-state index contributed by atoms with van der Waals surface area (Å²) in [5.74, 6) is -0.570. The Bertz CT molecular complexity index is 1590. The normalized spacial score (nSPS) is 15.1. The number of alkyl halides is 3. The fourth-order valence-electron chi connectivity index (χ4n) is 4.55. The van der Waals surface area contributed by atoms with E-state index >= 15 is 0 Å². The highest BCUT2D eigenvalue weighted by Crippen LogP contribution is 2.35. The van der Waals surface area contributed by atoms with Gasteiger partial charge in [-0.25, -0.2) is 14.5 Å². The molecule has 0 bridgehead atoms. The fourth-order valence-corrected chi connectivity index (χ4v) is 4.55. The maximum absolute atomic E-state index is 13.3. The number of hydrogen-bond acceptors (Lipinski definition) is 7. The summed E-state index contributed by atoms with van der Waals surface area (Å²) in [5, 5.41) is 10.1. The summed E-state index contributed by atoms with van der Waals surface area (Å²) < 4.78 is 49.0. The molecule has 9 nitrogen and oxygen atoms in total. The van der Waals surface area contributed by atoms with Crippen molar-refractivity contribution in [2.24, 2.45) is 0 Å². The summed E-state index contributed by atoms with van der Waals surface area (Å²) in [6.45, 7) is 5.05. The Morgan fingerprint density at radius 3 is 2.57 bits per heavy atom. The van der Waals surface area contributed by atoms with Crippen LogP contribution in [0.5, 0.6) is 0 Å². The van der Waals surface area contributed by atoms with Crippen molar-refractivity contribution in [3.63, 3.8) is 0 Å². The summed E-state index contributed by atoms with van der Waals surface area (Å²) in [6.07, 6.45) is 0.198. The Hall–Kier alpha value is -4.03. The van der Waals surface area contributed by atoms with Crippen LogP contribution < -0.4 is 5.73 Å². The van der Waals surface area contributed by atoms with E-state index in [1.807, 2.05) is 29.1 Å². The van der Waals surface area contributed by atoms with E-state index in [2.05, 4.69) is 25.1 Å². The first kappa shape index (κ1) is 23.4. The Morgan fingerprint density at radius 1 is 0.919 bits per heavy atom. The van der Waals surface area contributed by atoms with E-state index in [9.17, 15) is 13.2 Å². The standard InChI is InChI=1S/C25H23F3N8O/c26-25(27,28)19-12-17(13-31-24(19)29)20-2-4-23-30-15-22(36(23)33-20)16-1-3-21-18(11-16)14-32-35(21)6-5-34-7-9-37-10-8-34/h1-4,11-15H,5-10H2,(H2,29,31). The molecule has 1 saturated heterocycles. The van der Waals surface area contributed by atoms with Gasteiger partial charge < -0.3 is 10.5 Å². The Kier molecular flexibility index (Phi) is 5.76. The average molecular weight is 509 g/mol. The predicted molar refractivity (Wildman–Crippen MR) is 132 cm³/mol. The van der Waals surface area contributed by atoms with Crippen LogP contribution in [0.4, 0.5) is 19.0 Å². The lowest BCUT2D eigenvalue weighted by molar-refractivity contribution is -0.137. The lowest BCUT2D eigenvalue weighted by atomic mass is 10.1. The number of pyridine rings is 1. The quantitative estimate of drug-likeness (QED) is 0.386. The first-order valence-electron chi connectivity index (χ1n) is 11.8. The zero-order valence-electron chi connectivity index (χ0n) is 19.7. The monoisotopic (exact) mass is 508 g/mol. The minimum Gasteiger partial charge on any atom is -0.383 e. The number of aromatic nitrogens is 6. The third kappa shape index (κ3) is 4.49. The third-order valence-corrected chi connectivity index (χ3v) is 6.55. The zero-order valence-corrected chi connectivity index (χ0v) is 19.7. The first-order chi connectivity index (χ1) is 17.9. The van der Waals surface area contributed by atoms with Crippen LogP contribution in [-0.2, 0) is 17.5 Å². The molecule has 5 aromatic rings. The molecule has 190 valence electrons. The number of nitrogens with two attached hydrogens (primary N) is 1. The fraction of sp³-hybridized carbons (Fsp3) is 0.280. The molecule has 4 aromatic heterocycles. The Balaban J connectivity index is 1.31. The molecule has 0 radical (unpaired) electrons. The minimum absolute atomic E-state index is 0.208. The molecule has 1 fully saturated rings. The highest BCUT2D eigenvalue weighted by Gasteiger charge is 2.34. The van der Waals surface area contributed by atoms with Crippen LogP contribution in [0.2, 0.25) is 0 Å². The van der Waals surface area contributed by atoms with Gasteiger partial charge in [-0.15, -0.1) is 0 Å². The maximum Gasteiger partial charge on any atom is 0.419 e. The highest BCUT2D eigenvalue weighted by atomic mass is 19.4. The second-order valence-corrected chi connectivity index (χ2v) is 8.88. The van der Waals surface area contributed by atoms with Crippen molar-refractivity contribution >= 4 is 22.4 Å². The topological polar surface area (TPSA) is 99.4 Å². The summed E-state index contributed by atoms with van der Waals surface area (Å²) in [5.41, 5.74) is 8.15. The van der Waals surface area contributed by atoms with Gasteiger partial charge in [-0.05, 0) is 30.3 Å². The van der Waals surface area contributed by atoms with Gasteiger partial charge in [0.2, 0.25) is 0 Å². The van der Waals surface area contributed by atoms with Crippen LogP contribution in [0.25, 0.3) is 39.1 Å². The number of nitrogens with zero attached hydrogens (tertiary/aromatic N) is 7. The van der Waals surface area contributed by atoms with Crippen molar-refractivity contribution in [3.8, 4) is 22.5 Å². The second kappa shape index (κ2) is 9.12. The number of hydrogen-bond donors (Lipinski definition) is 1. The molecule has 37 heavy (non-hydrogen) atoms. The molecule has 0 unspecified atom stereocenters. The Labute approximate surface area is 209 Å². The number of fused-ring (bicyclic) bond motifs is 2. The molecule has 1 aliphatic rings. The SMILES string of the molecule is Nc1ncc(-c2ccc3ncc(-c4ccc5c(cnn5CCN5CCOCC5)c4)n3n2)cc1C(F)(F)F. The summed E-state index contributed by atoms with van der Waals surface area (Å²) in [7, 11) is 0. The van der Waals surface area contributed by atoms with Gasteiger partial charge in [-0.2, -0.15) is 23.4 Å². The van der Waals surface area contributed by atoms with Crippen molar-refractivity contribution in [1.29, 1.82) is 0 Å². The van der Waals surface area contributed by atoms with Gasteiger partial charge in [0.05, 0.1) is 54.6 Å². The first-order valence-corrected chi connectivity index (χ1v) is 11.8. The van der Waals surface area contributed by atoms with Gasteiger partial charge in [0.1, 0.15) is 5.82 Å². The number of morpholine rings is 1. The molecule has 2 N–H and O–H groups in total. The van der Waals surface area contributed by atoms with Gasteiger partial charge in [-0.1, -0.05) is 6.07 Å². The second-order valence-electron chi connectivity index (χ2n) is 8.88. The molecule has 1 aromatic carbocycles. The van der Waals surface area contributed by atoms with Crippen molar-refractivity contribution in [1.82, 2.24) is 34.3 Å². The van der Waals surface area contributed by atoms with Crippen molar-refractivity contribution < 1.29 is 17.9 Å². The van der Waals surface area contributed by atoms with E-state index in [0.29, 0.717) is 17.0 Å². The number of halogens is 3. The molecule has 0 amide bonds. The molecule has 0 saturated carbocycles. The van der Waals surface area contributed by atoms with Crippen LogP contribution in [0, 0.1) is 0 Å². The van der Waals surface area contributed by atoms with E-state index in [-0.39, 0.29) is 5.56 Å². The summed E-state index contributed by atoms with van der Waals surface area (Å²) in [4.78, 5) is 10.5. The van der Waals surface area contributed by atoms with E-state index in [4.69, 9.17) is 10.5 Å². The molecule has 6 rings (SSSR count). The highest BCUT2D eigenvalue weighted by molar-refractivity contribution is 5.84. The third-order valence-electron chi connectivity index (χ3n) is 6.55. The molecule has 12 heteroatoms.